The van der Waals surface area contributed by atoms with Gasteiger partial charge in [-0.1, -0.05) is 30.3 Å². The Kier molecular flexibility index (Phi) is 4.71. The molecule has 0 bridgehead atoms. The first-order chi connectivity index (χ1) is 14.8. The van der Waals surface area contributed by atoms with Crippen molar-refractivity contribution in [1.29, 1.82) is 0 Å². The zero-order valence-electron chi connectivity index (χ0n) is 15.7. The average Bonchev–Trinajstić information content (AvgIpc) is 3.45. The normalized spacial score (nSPS) is 11.3. The van der Waals surface area contributed by atoms with Crippen LogP contribution in [0.4, 0.5) is 11.4 Å². The number of hydrogen-bond acceptors (Lipinski definition) is 6. The van der Waals surface area contributed by atoms with Gasteiger partial charge in [0, 0.05) is 22.3 Å². The fraction of sp³-hybridized carbons (Fsp3) is 0. The van der Waals surface area contributed by atoms with Crippen molar-refractivity contribution in [3.63, 3.8) is 0 Å². The predicted molar refractivity (Wildman–Crippen MR) is 121 cm³/mol. The summed E-state index contributed by atoms with van der Waals surface area (Å²) >= 11 is 1.41. The number of furan rings is 1. The second-order valence-electron chi connectivity index (χ2n) is 6.56. The minimum Gasteiger partial charge on any atom is -0.464 e. The Labute approximate surface area is 175 Å². The first-order valence-corrected chi connectivity index (χ1v) is 10.1. The number of benzene rings is 2. The zero-order chi connectivity index (χ0) is 20.3. The molecule has 5 aromatic rings. The van der Waals surface area contributed by atoms with Crippen LogP contribution in [0.1, 0.15) is 5.56 Å². The molecule has 6 nitrogen and oxygen atoms in total. The smallest absolute Gasteiger partial charge is 0.283 e. The van der Waals surface area contributed by atoms with Crippen molar-refractivity contribution in [3.8, 4) is 11.3 Å². The van der Waals surface area contributed by atoms with Gasteiger partial charge in [0.15, 0.2) is 0 Å². The number of nitrogens with one attached hydrogen (secondary N) is 1. The van der Waals surface area contributed by atoms with Crippen molar-refractivity contribution in [2.24, 2.45) is 5.10 Å². The van der Waals surface area contributed by atoms with E-state index in [9.17, 15) is 4.79 Å². The van der Waals surface area contributed by atoms with Crippen LogP contribution >= 0.6 is 11.3 Å². The molecule has 3 aromatic heterocycles. The van der Waals surface area contributed by atoms with Crippen LogP contribution in [-0.2, 0) is 0 Å². The van der Waals surface area contributed by atoms with Gasteiger partial charge < -0.3 is 9.73 Å². The van der Waals surface area contributed by atoms with Crippen molar-refractivity contribution < 1.29 is 4.42 Å². The molecule has 0 atom stereocenters. The van der Waals surface area contributed by atoms with E-state index in [2.05, 4.69) is 15.4 Å². The molecule has 1 N–H and O–H groups in total. The lowest BCUT2D eigenvalue weighted by Gasteiger charge is -2.06. The van der Waals surface area contributed by atoms with E-state index >= 15 is 0 Å². The predicted octanol–water partition coefficient (Wildman–Crippen LogP) is 5.34. The number of fused-ring (bicyclic) bond motifs is 1. The zero-order valence-corrected chi connectivity index (χ0v) is 16.5. The number of hydrogen-bond donors (Lipinski definition) is 1. The molecule has 0 unspecified atom stereocenters. The van der Waals surface area contributed by atoms with Gasteiger partial charge in [0.2, 0.25) is 0 Å². The van der Waals surface area contributed by atoms with Gasteiger partial charge in [-0.05, 0) is 42.0 Å². The number of nitrogens with zero attached hydrogens (tertiary/aromatic N) is 3. The maximum atomic E-state index is 12.9. The number of rotatable bonds is 5. The summed E-state index contributed by atoms with van der Waals surface area (Å²) in [7, 11) is 0. The highest BCUT2D eigenvalue weighted by molar-refractivity contribution is 7.17. The fourth-order valence-electron chi connectivity index (χ4n) is 3.09. The van der Waals surface area contributed by atoms with E-state index < -0.39 is 0 Å². The van der Waals surface area contributed by atoms with E-state index in [4.69, 9.17) is 4.42 Å². The van der Waals surface area contributed by atoms with Gasteiger partial charge in [-0.15, -0.1) is 11.3 Å². The standard InChI is InChI=1S/C23H16N4O2S/c28-23-21-19(20-7-4-12-29-20)14-30-22(21)24-15-27(23)25-13-16-8-10-18(11-9-16)26-17-5-2-1-3-6-17/h1-15,26H/b25-13-. The molecule has 0 saturated heterocycles. The summed E-state index contributed by atoms with van der Waals surface area (Å²) in [5, 5.41) is 10.0. The number of aromatic nitrogens is 2. The summed E-state index contributed by atoms with van der Waals surface area (Å²) in [6, 6.07) is 21.4. The summed E-state index contributed by atoms with van der Waals surface area (Å²) in [5.41, 5.74) is 3.37. The van der Waals surface area contributed by atoms with Crippen molar-refractivity contribution in [2.75, 3.05) is 5.32 Å². The van der Waals surface area contributed by atoms with Crippen LogP contribution in [0.25, 0.3) is 21.5 Å². The summed E-state index contributed by atoms with van der Waals surface area (Å²) in [6.45, 7) is 0. The first-order valence-electron chi connectivity index (χ1n) is 9.27. The van der Waals surface area contributed by atoms with Crippen LogP contribution in [0, 0.1) is 0 Å². The van der Waals surface area contributed by atoms with E-state index in [1.54, 1.807) is 18.5 Å². The average molecular weight is 412 g/mol. The van der Waals surface area contributed by atoms with Gasteiger partial charge in [-0.25, -0.2) is 4.98 Å². The molecule has 0 spiro atoms. The third kappa shape index (κ3) is 3.54. The quantitative estimate of drug-likeness (QED) is 0.395. The Hall–Kier alpha value is -3.97. The topological polar surface area (TPSA) is 72.4 Å². The Balaban J connectivity index is 1.41. The van der Waals surface area contributed by atoms with E-state index in [-0.39, 0.29) is 5.56 Å². The molecule has 3 heterocycles. The molecule has 0 fully saturated rings. The van der Waals surface area contributed by atoms with Crippen LogP contribution in [-0.4, -0.2) is 15.9 Å². The molecular formula is C23H16N4O2S. The second kappa shape index (κ2) is 7.81. The Morgan fingerprint density at radius 3 is 2.57 bits per heavy atom. The van der Waals surface area contributed by atoms with Gasteiger partial charge in [0.25, 0.3) is 5.56 Å². The summed E-state index contributed by atoms with van der Waals surface area (Å²) in [5.74, 6) is 0.642. The summed E-state index contributed by atoms with van der Waals surface area (Å²) in [6.07, 6.45) is 4.66. The van der Waals surface area contributed by atoms with Gasteiger partial charge >= 0.3 is 0 Å². The largest absolute Gasteiger partial charge is 0.464 e. The molecule has 146 valence electrons. The molecule has 30 heavy (non-hydrogen) atoms. The molecule has 0 radical (unpaired) electrons. The number of thiophene rings is 1. The highest BCUT2D eigenvalue weighted by Crippen LogP contribution is 2.30. The monoisotopic (exact) mass is 412 g/mol. The van der Waals surface area contributed by atoms with E-state index in [0.717, 1.165) is 22.5 Å². The lowest BCUT2D eigenvalue weighted by atomic mass is 10.2. The van der Waals surface area contributed by atoms with Crippen LogP contribution in [0.2, 0.25) is 0 Å². The summed E-state index contributed by atoms with van der Waals surface area (Å²) < 4.78 is 6.70. The minimum atomic E-state index is -0.230. The van der Waals surface area contributed by atoms with Gasteiger partial charge in [-0.3, -0.25) is 4.79 Å². The number of anilines is 2. The fourth-order valence-corrected chi connectivity index (χ4v) is 3.98. The molecule has 7 heteroatoms. The van der Waals surface area contributed by atoms with E-state index in [0.29, 0.717) is 16.0 Å². The van der Waals surface area contributed by atoms with E-state index in [1.165, 1.54) is 22.3 Å². The van der Waals surface area contributed by atoms with Crippen LogP contribution in [0.3, 0.4) is 0 Å². The van der Waals surface area contributed by atoms with Crippen molar-refractivity contribution in [3.05, 3.63) is 101 Å². The highest BCUT2D eigenvalue weighted by Gasteiger charge is 2.14. The lowest BCUT2D eigenvalue weighted by molar-refractivity contribution is 0.583. The Morgan fingerprint density at radius 2 is 1.80 bits per heavy atom. The van der Waals surface area contributed by atoms with Gasteiger partial charge in [0.05, 0.1) is 17.9 Å². The van der Waals surface area contributed by atoms with Crippen molar-refractivity contribution in [2.45, 2.75) is 0 Å². The highest BCUT2D eigenvalue weighted by atomic mass is 32.1. The second-order valence-corrected chi connectivity index (χ2v) is 7.42. The molecule has 0 amide bonds. The van der Waals surface area contributed by atoms with Crippen molar-refractivity contribution in [1.82, 2.24) is 9.66 Å². The molecular weight excluding hydrogens is 396 g/mol. The third-order valence-corrected chi connectivity index (χ3v) is 5.46. The number of para-hydroxylation sites is 1. The lowest BCUT2D eigenvalue weighted by Crippen LogP contribution is -2.16. The molecule has 2 aromatic carbocycles. The van der Waals surface area contributed by atoms with Crippen LogP contribution in [0.5, 0.6) is 0 Å². The Bertz CT molecular complexity index is 1370. The van der Waals surface area contributed by atoms with Crippen LogP contribution in [0.15, 0.2) is 99.0 Å². The molecule has 0 saturated carbocycles. The maximum absolute atomic E-state index is 12.9. The summed E-state index contributed by atoms with van der Waals surface area (Å²) in [4.78, 5) is 18.0. The SMILES string of the molecule is O=c1c2c(-c3ccco3)csc2ncn1/N=C\c1ccc(Nc2ccccc2)cc1. The maximum Gasteiger partial charge on any atom is 0.283 e. The minimum absolute atomic E-state index is 0.230. The molecule has 0 aliphatic carbocycles. The third-order valence-electron chi connectivity index (χ3n) is 4.57. The molecule has 0 aliphatic rings. The van der Waals surface area contributed by atoms with E-state index in [1.807, 2.05) is 66.0 Å². The molecule has 5 rings (SSSR count). The molecule has 0 aliphatic heterocycles. The van der Waals surface area contributed by atoms with Crippen LogP contribution < -0.4 is 10.9 Å². The van der Waals surface area contributed by atoms with Gasteiger partial charge in [0.1, 0.15) is 16.9 Å². The van der Waals surface area contributed by atoms with Crippen molar-refractivity contribution >= 4 is 39.1 Å². The first kappa shape index (κ1) is 18.1. The Morgan fingerprint density at radius 1 is 1.00 bits per heavy atom. The van der Waals surface area contributed by atoms with Gasteiger partial charge in [-0.2, -0.15) is 9.78 Å².